The number of hydrogen-bond donors (Lipinski definition) is 1. The molecular formula is C12H14N2O4. The third-order valence-electron chi connectivity index (χ3n) is 2.71. The van der Waals surface area contributed by atoms with Gasteiger partial charge in [0.15, 0.2) is 6.10 Å². The Hall–Kier alpha value is -2.24. The fourth-order valence-corrected chi connectivity index (χ4v) is 1.78. The molecular weight excluding hydrogens is 236 g/mol. The highest BCUT2D eigenvalue weighted by Gasteiger charge is 2.32. The predicted molar refractivity (Wildman–Crippen MR) is 65.3 cm³/mol. The van der Waals surface area contributed by atoms with E-state index in [1.54, 1.807) is 25.1 Å². The minimum atomic E-state index is -0.649. The van der Waals surface area contributed by atoms with E-state index in [0.717, 1.165) is 0 Å². The van der Waals surface area contributed by atoms with Crippen LogP contribution in [0, 0.1) is 0 Å². The smallest absolute Gasteiger partial charge is 0.325 e. The summed E-state index contributed by atoms with van der Waals surface area (Å²) in [6.45, 7) is 1.48. The van der Waals surface area contributed by atoms with Gasteiger partial charge in [0.05, 0.1) is 12.8 Å². The number of nitrogens with two attached hydrogens (primary N) is 1. The van der Waals surface area contributed by atoms with Crippen molar-refractivity contribution in [1.82, 2.24) is 0 Å². The number of ether oxygens (including phenoxy) is 2. The van der Waals surface area contributed by atoms with Crippen LogP contribution in [0.15, 0.2) is 18.2 Å². The lowest BCUT2D eigenvalue weighted by Gasteiger charge is -2.32. The van der Waals surface area contributed by atoms with E-state index < -0.39 is 12.1 Å². The molecule has 2 N–H and O–H groups in total. The minimum absolute atomic E-state index is 0.139. The summed E-state index contributed by atoms with van der Waals surface area (Å²) in [6, 6.07) is 4.93. The summed E-state index contributed by atoms with van der Waals surface area (Å²) < 4.78 is 10.0. The number of hydrogen-bond acceptors (Lipinski definition) is 5. The van der Waals surface area contributed by atoms with Crippen molar-refractivity contribution < 1.29 is 19.1 Å². The first-order chi connectivity index (χ1) is 8.52. The predicted octanol–water partition coefficient (Wildman–Crippen LogP) is 0.556. The van der Waals surface area contributed by atoms with Gasteiger partial charge in [-0.1, -0.05) is 0 Å². The molecule has 0 radical (unpaired) electrons. The number of nitrogens with zero attached hydrogens (tertiary/aromatic N) is 1. The van der Waals surface area contributed by atoms with E-state index in [1.165, 1.54) is 12.0 Å². The number of nitrogen functional groups attached to an aromatic ring is 1. The summed E-state index contributed by atoms with van der Waals surface area (Å²) in [5.74, 6) is -0.274. The average Bonchev–Trinajstić information content (AvgIpc) is 2.34. The quantitative estimate of drug-likeness (QED) is 0.612. The first-order valence-electron chi connectivity index (χ1n) is 5.47. The van der Waals surface area contributed by atoms with Crippen molar-refractivity contribution in [3.8, 4) is 5.75 Å². The van der Waals surface area contributed by atoms with E-state index in [-0.39, 0.29) is 12.5 Å². The Morgan fingerprint density at radius 3 is 2.94 bits per heavy atom. The molecule has 1 amide bonds. The molecule has 2 rings (SSSR count). The van der Waals surface area contributed by atoms with Crippen LogP contribution in [0.2, 0.25) is 0 Å². The monoisotopic (exact) mass is 250 g/mol. The summed E-state index contributed by atoms with van der Waals surface area (Å²) in [5, 5.41) is 0. The van der Waals surface area contributed by atoms with E-state index >= 15 is 0 Å². The molecule has 96 valence electrons. The topological polar surface area (TPSA) is 81.9 Å². The van der Waals surface area contributed by atoms with Crippen LogP contribution in [0.3, 0.4) is 0 Å². The molecule has 1 aromatic rings. The van der Waals surface area contributed by atoms with Crippen molar-refractivity contribution in [1.29, 1.82) is 0 Å². The van der Waals surface area contributed by atoms with Gasteiger partial charge in [0.25, 0.3) is 5.91 Å². The van der Waals surface area contributed by atoms with Gasteiger partial charge >= 0.3 is 5.97 Å². The van der Waals surface area contributed by atoms with Crippen LogP contribution in [0.1, 0.15) is 6.92 Å². The molecule has 18 heavy (non-hydrogen) atoms. The lowest BCUT2D eigenvalue weighted by molar-refractivity contribution is -0.140. The zero-order valence-corrected chi connectivity index (χ0v) is 10.2. The van der Waals surface area contributed by atoms with Gasteiger partial charge in [0.2, 0.25) is 0 Å². The van der Waals surface area contributed by atoms with Crippen molar-refractivity contribution in [3.63, 3.8) is 0 Å². The Kier molecular flexibility index (Phi) is 3.10. The fourth-order valence-electron chi connectivity index (χ4n) is 1.78. The zero-order valence-electron chi connectivity index (χ0n) is 10.2. The molecule has 1 atom stereocenters. The third kappa shape index (κ3) is 2.09. The van der Waals surface area contributed by atoms with Crippen LogP contribution in [-0.4, -0.2) is 31.6 Å². The highest BCUT2D eigenvalue weighted by Crippen LogP contribution is 2.35. The molecule has 0 aromatic heterocycles. The largest absolute Gasteiger partial charge is 0.479 e. The van der Waals surface area contributed by atoms with E-state index in [0.29, 0.717) is 17.1 Å². The molecule has 1 aromatic carbocycles. The number of methoxy groups -OCH3 is 1. The number of benzene rings is 1. The van der Waals surface area contributed by atoms with Gasteiger partial charge in [-0.25, -0.2) is 0 Å². The van der Waals surface area contributed by atoms with Crippen LogP contribution in [0.25, 0.3) is 0 Å². The van der Waals surface area contributed by atoms with E-state index in [4.69, 9.17) is 10.5 Å². The number of anilines is 2. The zero-order chi connectivity index (χ0) is 13.3. The molecule has 6 nitrogen and oxygen atoms in total. The second-order valence-electron chi connectivity index (χ2n) is 3.99. The summed E-state index contributed by atoms with van der Waals surface area (Å²) in [4.78, 5) is 24.7. The standard InChI is InChI=1S/C12H14N2O4/c1-7-12(16)14(6-11(15)17-2)9-4-3-8(13)5-10(9)18-7/h3-5,7H,6,13H2,1-2H3. The molecule has 1 unspecified atom stereocenters. The molecule has 0 fully saturated rings. The first-order valence-corrected chi connectivity index (χ1v) is 5.47. The fraction of sp³-hybridized carbons (Fsp3) is 0.333. The number of fused-ring (bicyclic) bond motifs is 1. The van der Waals surface area contributed by atoms with Crippen molar-refractivity contribution >= 4 is 23.3 Å². The third-order valence-corrected chi connectivity index (χ3v) is 2.71. The molecule has 0 saturated heterocycles. The average molecular weight is 250 g/mol. The van der Waals surface area contributed by atoms with Gasteiger partial charge in [0, 0.05) is 11.8 Å². The van der Waals surface area contributed by atoms with Crippen molar-refractivity contribution in [3.05, 3.63) is 18.2 Å². The number of esters is 1. The first kappa shape index (κ1) is 12.2. The molecule has 0 saturated carbocycles. The lowest BCUT2D eigenvalue weighted by atomic mass is 10.1. The van der Waals surface area contributed by atoms with Crippen LogP contribution in [0.5, 0.6) is 5.75 Å². The van der Waals surface area contributed by atoms with Crippen molar-refractivity contribution in [2.45, 2.75) is 13.0 Å². The molecule has 1 aliphatic rings. The van der Waals surface area contributed by atoms with Crippen molar-refractivity contribution in [2.75, 3.05) is 24.3 Å². The number of carbonyl (C=O) groups is 2. The Bertz CT molecular complexity index is 501. The summed E-state index contributed by atoms with van der Waals surface area (Å²) in [5.41, 5.74) is 6.72. The van der Waals surface area contributed by atoms with E-state index in [1.807, 2.05) is 0 Å². The molecule has 0 spiro atoms. The normalized spacial score (nSPS) is 18.0. The number of carbonyl (C=O) groups excluding carboxylic acids is 2. The van der Waals surface area contributed by atoms with Crippen LogP contribution in [-0.2, 0) is 14.3 Å². The van der Waals surface area contributed by atoms with Gasteiger partial charge < -0.3 is 15.2 Å². The Morgan fingerprint density at radius 2 is 2.28 bits per heavy atom. The maximum Gasteiger partial charge on any atom is 0.325 e. The maximum atomic E-state index is 12.0. The minimum Gasteiger partial charge on any atom is -0.479 e. The summed E-state index contributed by atoms with van der Waals surface area (Å²) in [6.07, 6.45) is -0.649. The Labute approximate surface area is 104 Å². The maximum absolute atomic E-state index is 12.0. The summed E-state index contributed by atoms with van der Waals surface area (Å²) in [7, 11) is 1.28. The second kappa shape index (κ2) is 4.56. The van der Waals surface area contributed by atoms with Gasteiger partial charge in [-0.3, -0.25) is 14.5 Å². The van der Waals surface area contributed by atoms with Gasteiger partial charge in [-0.2, -0.15) is 0 Å². The van der Waals surface area contributed by atoms with Gasteiger partial charge in [-0.05, 0) is 19.1 Å². The van der Waals surface area contributed by atoms with Gasteiger partial charge in [0.1, 0.15) is 12.3 Å². The number of rotatable bonds is 2. The van der Waals surface area contributed by atoms with Gasteiger partial charge in [-0.15, -0.1) is 0 Å². The van der Waals surface area contributed by atoms with Crippen molar-refractivity contribution in [2.24, 2.45) is 0 Å². The summed E-state index contributed by atoms with van der Waals surface area (Å²) >= 11 is 0. The van der Waals surface area contributed by atoms with Crippen LogP contribution < -0.4 is 15.4 Å². The Morgan fingerprint density at radius 1 is 1.56 bits per heavy atom. The lowest BCUT2D eigenvalue weighted by Crippen LogP contribution is -2.46. The Balaban J connectivity index is 2.39. The highest BCUT2D eigenvalue weighted by atomic mass is 16.5. The highest BCUT2D eigenvalue weighted by molar-refractivity contribution is 6.03. The molecule has 1 heterocycles. The molecule has 1 aliphatic heterocycles. The number of amides is 1. The SMILES string of the molecule is COC(=O)CN1C(=O)C(C)Oc2cc(N)ccc21. The molecule has 0 aliphatic carbocycles. The molecule has 6 heteroatoms. The molecule has 0 bridgehead atoms. The second-order valence-corrected chi connectivity index (χ2v) is 3.99. The van der Waals surface area contributed by atoms with E-state index in [2.05, 4.69) is 4.74 Å². The van der Waals surface area contributed by atoms with E-state index in [9.17, 15) is 9.59 Å². The van der Waals surface area contributed by atoms with Crippen LogP contribution >= 0.6 is 0 Å². The van der Waals surface area contributed by atoms with Crippen LogP contribution in [0.4, 0.5) is 11.4 Å².